The molecule has 0 unspecified atom stereocenters. The van der Waals surface area contributed by atoms with Crippen LogP contribution in [0.3, 0.4) is 0 Å². The number of benzene rings is 2. The van der Waals surface area contributed by atoms with Crippen molar-refractivity contribution < 1.29 is 0 Å². The molecule has 2 aromatic carbocycles. The van der Waals surface area contributed by atoms with Gasteiger partial charge in [0.05, 0.1) is 5.52 Å². The van der Waals surface area contributed by atoms with Crippen LogP contribution in [0.1, 0.15) is 5.56 Å². The first-order valence-corrected chi connectivity index (χ1v) is 7.27. The summed E-state index contributed by atoms with van der Waals surface area (Å²) in [6, 6.07) is 16.6. The van der Waals surface area contributed by atoms with Gasteiger partial charge in [0.1, 0.15) is 0 Å². The first-order valence-electron chi connectivity index (χ1n) is 5.90. The summed E-state index contributed by atoms with van der Waals surface area (Å²) in [7, 11) is 0. The summed E-state index contributed by atoms with van der Waals surface area (Å²) in [5.74, 6) is 0.950. The van der Waals surface area contributed by atoms with E-state index in [4.69, 9.17) is 11.6 Å². The van der Waals surface area contributed by atoms with E-state index in [0.717, 1.165) is 16.7 Å². The predicted octanol–water partition coefficient (Wildman–Crippen LogP) is 4.58. The fraction of sp³-hybridized carbons (Fsp3) is 0.0667. The van der Waals surface area contributed by atoms with E-state index < -0.39 is 0 Å². The third-order valence-corrected chi connectivity index (χ3v) is 4.02. The summed E-state index contributed by atoms with van der Waals surface area (Å²) in [6.45, 7) is 0. The minimum atomic E-state index is 0.290. The molecule has 4 heteroatoms. The van der Waals surface area contributed by atoms with Crippen LogP contribution in [0.2, 0.25) is 5.28 Å². The second kappa shape index (κ2) is 5.59. The van der Waals surface area contributed by atoms with Crippen LogP contribution in [0, 0.1) is 0 Å². The van der Waals surface area contributed by atoms with Crippen LogP contribution in [0.25, 0.3) is 10.9 Å². The Kier molecular flexibility index (Phi) is 3.67. The molecule has 0 aliphatic carbocycles. The molecule has 0 aliphatic rings. The van der Waals surface area contributed by atoms with Crippen molar-refractivity contribution in [3.63, 3.8) is 0 Å². The zero-order chi connectivity index (χ0) is 13.1. The van der Waals surface area contributed by atoms with Crippen LogP contribution >= 0.6 is 23.4 Å². The average molecular weight is 287 g/mol. The van der Waals surface area contributed by atoms with Crippen LogP contribution in [0.15, 0.2) is 59.6 Å². The molecule has 0 saturated heterocycles. The largest absolute Gasteiger partial charge is 0.226 e. The van der Waals surface area contributed by atoms with Crippen molar-refractivity contribution in [2.75, 3.05) is 0 Å². The third-order valence-electron chi connectivity index (χ3n) is 2.77. The Hall–Kier alpha value is -1.58. The molecule has 2 nitrogen and oxygen atoms in total. The molecule has 1 heterocycles. The second-order valence-electron chi connectivity index (χ2n) is 4.13. The van der Waals surface area contributed by atoms with Crippen LogP contribution in [-0.2, 0) is 5.75 Å². The van der Waals surface area contributed by atoms with E-state index in [9.17, 15) is 0 Å². The molecular weight excluding hydrogens is 276 g/mol. The lowest BCUT2D eigenvalue weighted by Gasteiger charge is -2.03. The van der Waals surface area contributed by atoms with Crippen LogP contribution < -0.4 is 0 Å². The molecule has 0 spiro atoms. The van der Waals surface area contributed by atoms with Crippen molar-refractivity contribution in [3.8, 4) is 0 Å². The van der Waals surface area contributed by atoms with Crippen LogP contribution in [0.5, 0.6) is 0 Å². The van der Waals surface area contributed by atoms with Crippen molar-refractivity contribution >= 4 is 34.3 Å². The number of halogens is 1. The smallest absolute Gasteiger partial charge is 0.222 e. The highest BCUT2D eigenvalue weighted by Crippen LogP contribution is 2.25. The van der Waals surface area contributed by atoms with E-state index in [1.807, 2.05) is 12.1 Å². The molecular formula is C15H11ClN2S. The van der Waals surface area contributed by atoms with E-state index in [1.165, 1.54) is 10.5 Å². The van der Waals surface area contributed by atoms with Crippen molar-refractivity contribution in [1.29, 1.82) is 0 Å². The van der Waals surface area contributed by atoms with Gasteiger partial charge in [-0.05, 0) is 29.3 Å². The summed E-state index contributed by atoms with van der Waals surface area (Å²) in [6.07, 6.45) is 1.75. The van der Waals surface area contributed by atoms with E-state index in [0.29, 0.717) is 0 Å². The Bertz CT molecular complexity index is 701. The topological polar surface area (TPSA) is 25.8 Å². The van der Waals surface area contributed by atoms with E-state index in [1.54, 1.807) is 18.0 Å². The predicted molar refractivity (Wildman–Crippen MR) is 80.6 cm³/mol. The molecule has 1 aromatic heterocycles. The van der Waals surface area contributed by atoms with Gasteiger partial charge in [0, 0.05) is 22.2 Å². The maximum Gasteiger partial charge on any atom is 0.222 e. The van der Waals surface area contributed by atoms with Crippen LogP contribution in [-0.4, -0.2) is 9.97 Å². The number of hydrogen-bond donors (Lipinski definition) is 0. The van der Waals surface area contributed by atoms with Gasteiger partial charge < -0.3 is 0 Å². The first kappa shape index (κ1) is 12.5. The zero-order valence-corrected chi connectivity index (χ0v) is 11.7. The van der Waals surface area contributed by atoms with Gasteiger partial charge in [-0.2, -0.15) is 0 Å². The monoisotopic (exact) mass is 286 g/mol. The molecule has 0 bridgehead atoms. The lowest BCUT2D eigenvalue weighted by atomic mass is 10.2. The van der Waals surface area contributed by atoms with Crippen molar-refractivity contribution in [2.24, 2.45) is 0 Å². The highest BCUT2D eigenvalue weighted by atomic mass is 35.5. The minimum Gasteiger partial charge on any atom is -0.226 e. The normalized spacial score (nSPS) is 10.8. The maximum atomic E-state index is 5.81. The van der Waals surface area contributed by atoms with Gasteiger partial charge in [-0.15, -0.1) is 11.8 Å². The van der Waals surface area contributed by atoms with Crippen molar-refractivity contribution in [2.45, 2.75) is 10.6 Å². The first-order chi connectivity index (χ1) is 9.31. The lowest BCUT2D eigenvalue weighted by Crippen LogP contribution is -1.85. The SMILES string of the molecule is Clc1ncc2ccc(SCc3ccccc3)cc2n1. The summed E-state index contributed by atoms with van der Waals surface area (Å²) >= 11 is 7.61. The number of fused-ring (bicyclic) bond motifs is 1. The Labute approximate surface area is 120 Å². The summed E-state index contributed by atoms with van der Waals surface area (Å²) in [5.41, 5.74) is 2.20. The average Bonchev–Trinajstić information content (AvgIpc) is 2.46. The number of rotatable bonds is 3. The molecule has 0 fully saturated rings. The molecule has 0 aliphatic heterocycles. The summed E-state index contributed by atoms with van der Waals surface area (Å²) in [5, 5.41) is 1.30. The zero-order valence-electron chi connectivity index (χ0n) is 10.1. The molecule has 0 N–H and O–H groups in total. The van der Waals surface area contributed by atoms with E-state index in [-0.39, 0.29) is 5.28 Å². The van der Waals surface area contributed by atoms with Gasteiger partial charge in [-0.1, -0.05) is 36.4 Å². The second-order valence-corrected chi connectivity index (χ2v) is 5.52. The number of thioether (sulfide) groups is 1. The van der Waals surface area contributed by atoms with Gasteiger partial charge in [0.2, 0.25) is 5.28 Å². The summed E-state index contributed by atoms with van der Waals surface area (Å²) in [4.78, 5) is 9.40. The minimum absolute atomic E-state index is 0.290. The molecule has 94 valence electrons. The highest BCUT2D eigenvalue weighted by Gasteiger charge is 2.01. The molecule has 0 radical (unpaired) electrons. The molecule has 0 atom stereocenters. The standard InChI is InChI=1S/C15H11ClN2S/c16-15-17-9-12-6-7-13(8-14(12)18-15)19-10-11-4-2-1-3-5-11/h1-9H,10H2. The molecule has 19 heavy (non-hydrogen) atoms. The number of hydrogen-bond acceptors (Lipinski definition) is 3. The fourth-order valence-electron chi connectivity index (χ4n) is 1.81. The molecule has 3 aromatic rings. The van der Waals surface area contributed by atoms with E-state index >= 15 is 0 Å². The Morgan fingerprint density at radius 1 is 1.05 bits per heavy atom. The Morgan fingerprint density at radius 3 is 2.74 bits per heavy atom. The van der Waals surface area contributed by atoms with Gasteiger partial charge in [-0.3, -0.25) is 0 Å². The Morgan fingerprint density at radius 2 is 1.89 bits per heavy atom. The van der Waals surface area contributed by atoms with Crippen LogP contribution in [0.4, 0.5) is 0 Å². The van der Waals surface area contributed by atoms with Gasteiger partial charge in [0.25, 0.3) is 0 Å². The highest BCUT2D eigenvalue weighted by molar-refractivity contribution is 7.98. The van der Waals surface area contributed by atoms with Gasteiger partial charge in [0.15, 0.2) is 0 Å². The van der Waals surface area contributed by atoms with E-state index in [2.05, 4.69) is 46.4 Å². The molecule has 3 rings (SSSR count). The third kappa shape index (κ3) is 3.06. The number of nitrogens with zero attached hydrogens (tertiary/aromatic N) is 2. The maximum absolute atomic E-state index is 5.81. The Balaban J connectivity index is 1.81. The van der Waals surface area contributed by atoms with Crippen molar-refractivity contribution in [1.82, 2.24) is 9.97 Å². The lowest BCUT2D eigenvalue weighted by molar-refractivity contribution is 1.21. The fourth-order valence-corrected chi connectivity index (χ4v) is 2.84. The number of aromatic nitrogens is 2. The molecule has 0 amide bonds. The quantitative estimate of drug-likeness (QED) is 0.521. The van der Waals surface area contributed by atoms with Crippen molar-refractivity contribution in [3.05, 3.63) is 65.6 Å². The van der Waals surface area contributed by atoms with Gasteiger partial charge >= 0.3 is 0 Å². The summed E-state index contributed by atoms with van der Waals surface area (Å²) < 4.78 is 0. The van der Waals surface area contributed by atoms with Gasteiger partial charge in [-0.25, -0.2) is 9.97 Å². The molecule has 0 saturated carbocycles.